The predicted octanol–water partition coefficient (Wildman–Crippen LogP) is 3.30. The largest absolute Gasteiger partial charge is 0.460 e. The van der Waals surface area contributed by atoms with Gasteiger partial charge < -0.3 is 9.26 Å². The predicted molar refractivity (Wildman–Crippen MR) is 68.7 cm³/mol. The molecule has 1 heterocycles. The summed E-state index contributed by atoms with van der Waals surface area (Å²) in [6.07, 6.45) is 0. The summed E-state index contributed by atoms with van der Waals surface area (Å²) in [6, 6.07) is 5.81. The van der Waals surface area contributed by atoms with Crippen LogP contribution in [-0.4, -0.2) is 17.7 Å². The Balaban J connectivity index is 2.53. The maximum absolute atomic E-state index is 11.7. The molecule has 0 aliphatic carbocycles. The molecule has 96 valence electrons. The fourth-order valence-electron chi connectivity index (χ4n) is 1.75. The van der Waals surface area contributed by atoms with Crippen LogP contribution in [0.2, 0.25) is 0 Å². The van der Waals surface area contributed by atoms with Crippen LogP contribution in [-0.2, 0) is 10.2 Å². The monoisotopic (exact) mass is 247 g/mol. The number of aromatic nitrogens is 1. The topological polar surface area (TPSA) is 52.3 Å². The lowest BCUT2D eigenvalue weighted by Gasteiger charge is -2.18. The fourth-order valence-corrected chi connectivity index (χ4v) is 1.75. The van der Waals surface area contributed by atoms with Crippen LogP contribution >= 0.6 is 0 Å². The van der Waals surface area contributed by atoms with Crippen LogP contribution in [0.4, 0.5) is 0 Å². The van der Waals surface area contributed by atoms with Crippen molar-refractivity contribution in [2.24, 2.45) is 0 Å². The molecular weight excluding hydrogens is 230 g/mol. The summed E-state index contributed by atoms with van der Waals surface area (Å²) in [4.78, 5) is 11.7. The molecule has 1 aromatic carbocycles. The van der Waals surface area contributed by atoms with E-state index in [9.17, 15) is 4.79 Å². The molecule has 0 saturated heterocycles. The van der Waals surface area contributed by atoms with Crippen molar-refractivity contribution in [3.63, 3.8) is 0 Å². The van der Waals surface area contributed by atoms with Gasteiger partial charge in [-0.2, -0.15) is 0 Å². The molecule has 18 heavy (non-hydrogen) atoms. The molecule has 0 bridgehead atoms. The number of benzene rings is 1. The number of esters is 1. The van der Waals surface area contributed by atoms with Gasteiger partial charge in [-0.25, -0.2) is 4.79 Å². The first-order valence-electron chi connectivity index (χ1n) is 6.00. The van der Waals surface area contributed by atoms with E-state index >= 15 is 0 Å². The number of nitrogens with zero attached hydrogens (tertiary/aromatic N) is 1. The minimum absolute atomic E-state index is 0.0113. The summed E-state index contributed by atoms with van der Waals surface area (Å²) in [5.74, 6) is -0.288. The Bertz CT molecular complexity index is 578. The second kappa shape index (κ2) is 4.44. The molecule has 0 radical (unpaired) electrons. The average molecular weight is 247 g/mol. The van der Waals surface area contributed by atoms with Gasteiger partial charge in [0.15, 0.2) is 0 Å². The van der Waals surface area contributed by atoms with Gasteiger partial charge in [0.2, 0.25) is 0 Å². The first-order chi connectivity index (χ1) is 8.43. The zero-order valence-electron chi connectivity index (χ0n) is 11.1. The van der Waals surface area contributed by atoms with Crippen LogP contribution in [0.15, 0.2) is 22.7 Å². The van der Waals surface area contributed by atoms with Gasteiger partial charge in [0, 0.05) is 0 Å². The summed E-state index contributed by atoms with van der Waals surface area (Å²) >= 11 is 0. The highest BCUT2D eigenvalue weighted by atomic mass is 16.6. The Morgan fingerprint density at radius 1 is 1.39 bits per heavy atom. The van der Waals surface area contributed by atoms with Crippen molar-refractivity contribution in [1.82, 2.24) is 5.16 Å². The first-order valence-corrected chi connectivity index (χ1v) is 6.00. The van der Waals surface area contributed by atoms with Crippen LogP contribution in [0.5, 0.6) is 0 Å². The molecule has 0 aliphatic heterocycles. The molecule has 1 aromatic heterocycles. The van der Waals surface area contributed by atoms with E-state index in [1.165, 1.54) is 0 Å². The summed E-state index contributed by atoms with van der Waals surface area (Å²) in [6.45, 7) is 8.43. The van der Waals surface area contributed by atoms with Crippen LogP contribution in [0, 0.1) is 0 Å². The van der Waals surface area contributed by atoms with Crippen molar-refractivity contribution < 1.29 is 14.1 Å². The fraction of sp³-hybridized carbons (Fsp3) is 0.429. The molecule has 4 nitrogen and oxygen atoms in total. The van der Waals surface area contributed by atoms with Gasteiger partial charge in [0.05, 0.1) is 12.0 Å². The summed E-state index contributed by atoms with van der Waals surface area (Å²) < 4.78 is 10.0. The third kappa shape index (κ3) is 2.23. The molecule has 0 atom stereocenters. The zero-order chi connectivity index (χ0) is 13.3. The molecule has 0 fully saturated rings. The first kappa shape index (κ1) is 12.6. The van der Waals surface area contributed by atoms with Gasteiger partial charge in [-0.1, -0.05) is 32.0 Å². The zero-order valence-corrected chi connectivity index (χ0v) is 11.1. The molecule has 0 amide bonds. The third-order valence-corrected chi connectivity index (χ3v) is 2.80. The number of carbonyl (C=O) groups is 1. The van der Waals surface area contributed by atoms with Crippen molar-refractivity contribution in [2.75, 3.05) is 6.61 Å². The average Bonchev–Trinajstić information content (AvgIpc) is 2.70. The number of rotatable bonds is 2. The lowest BCUT2D eigenvalue weighted by molar-refractivity contribution is 0.0483. The minimum Gasteiger partial charge on any atom is -0.460 e. The van der Waals surface area contributed by atoms with Crippen molar-refractivity contribution in [3.05, 3.63) is 29.5 Å². The highest BCUT2D eigenvalue weighted by Gasteiger charge is 2.21. The summed E-state index contributed by atoms with van der Waals surface area (Å²) in [7, 11) is 0. The standard InChI is InChI=1S/C14H17NO3/c1-5-17-13(16)12-10-8-9(14(2,3)4)6-7-11(10)15-18-12/h6-8H,5H2,1-4H3. The van der Waals surface area contributed by atoms with E-state index in [-0.39, 0.29) is 11.2 Å². The highest BCUT2D eigenvalue weighted by molar-refractivity contribution is 6.01. The van der Waals surface area contributed by atoms with Crippen LogP contribution < -0.4 is 0 Å². The maximum atomic E-state index is 11.7. The molecule has 2 aromatic rings. The Kier molecular flexibility index (Phi) is 3.11. The number of hydrogen-bond donors (Lipinski definition) is 0. The third-order valence-electron chi connectivity index (χ3n) is 2.80. The number of carbonyl (C=O) groups excluding carboxylic acids is 1. The minimum atomic E-state index is -0.467. The van der Waals surface area contributed by atoms with Crippen molar-refractivity contribution in [1.29, 1.82) is 0 Å². The smallest absolute Gasteiger partial charge is 0.377 e. The van der Waals surface area contributed by atoms with Crippen molar-refractivity contribution in [3.8, 4) is 0 Å². The van der Waals surface area contributed by atoms with Gasteiger partial charge in [0.25, 0.3) is 5.76 Å². The van der Waals surface area contributed by atoms with Gasteiger partial charge in [-0.3, -0.25) is 0 Å². The lowest BCUT2D eigenvalue weighted by Crippen LogP contribution is -2.11. The van der Waals surface area contributed by atoms with E-state index in [0.717, 1.165) is 5.56 Å². The number of ether oxygens (including phenoxy) is 1. The summed E-state index contributed by atoms with van der Waals surface area (Å²) in [5.41, 5.74) is 1.81. The van der Waals surface area contributed by atoms with Gasteiger partial charge in [0.1, 0.15) is 5.52 Å². The van der Waals surface area contributed by atoms with Crippen molar-refractivity contribution >= 4 is 16.9 Å². The molecule has 4 heteroatoms. The Morgan fingerprint density at radius 2 is 2.11 bits per heavy atom. The SMILES string of the molecule is CCOC(=O)c1onc2ccc(C(C)(C)C)cc12. The van der Waals surface area contributed by atoms with E-state index in [4.69, 9.17) is 9.26 Å². The molecule has 2 rings (SSSR count). The van der Waals surface area contributed by atoms with E-state index in [1.807, 2.05) is 18.2 Å². The molecule has 0 spiro atoms. The van der Waals surface area contributed by atoms with Crippen LogP contribution in [0.25, 0.3) is 10.9 Å². The van der Waals surface area contributed by atoms with E-state index in [0.29, 0.717) is 17.5 Å². The lowest BCUT2D eigenvalue weighted by atomic mass is 9.86. The number of hydrogen-bond acceptors (Lipinski definition) is 4. The van der Waals surface area contributed by atoms with Crippen LogP contribution in [0.3, 0.4) is 0 Å². The van der Waals surface area contributed by atoms with Crippen molar-refractivity contribution in [2.45, 2.75) is 33.1 Å². The second-order valence-corrected chi connectivity index (χ2v) is 5.21. The second-order valence-electron chi connectivity index (χ2n) is 5.21. The molecular formula is C14H17NO3. The van der Waals surface area contributed by atoms with E-state index in [2.05, 4.69) is 25.9 Å². The molecule has 0 N–H and O–H groups in total. The van der Waals surface area contributed by atoms with Gasteiger partial charge in [-0.05, 0) is 30.0 Å². The van der Waals surface area contributed by atoms with Gasteiger partial charge in [-0.15, -0.1) is 0 Å². The normalized spacial score (nSPS) is 11.8. The Morgan fingerprint density at radius 3 is 2.72 bits per heavy atom. The van der Waals surface area contributed by atoms with E-state index in [1.54, 1.807) is 6.92 Å². The Hall–Kier alpha value is -1.84. The quantitative estimate of drug-likeness (QED) is 0.764. The molecule has 0 aliphatic rings. The maximum Gasteiger partial charge on any atom is 0.377 e. The summed E-state index contributed by atoms with van der Waals surface area (Å²) in [5, 5.41) is 4.58. The highest BCUT2D eigenvalue weighted by Crippen LogP contribution is 2.27. The Labute approximate surface area is 106 Å². The molecule has 0 unspecified atom stereocenters. The number of fused-ring (bicyclic) bond motifs is 1. The van der Waals surface area contributed by atoms with E-state index < -0.39 is 5.97 Å². The van der Waals surface area contributed by atoms with Gasteiger partial charge >= 0.3 is 5.97 Å². The molecule has 0 saturated carbocycles. The van der Waals surface area contributed by atoms with Crippen LogP contribution in [0.1, 0.15) is 43.8 Å².